The third kappa shape index (κ3) is 2.89. The van der Waals surface area contributed by atoms with Crippen LogP contribution in [0, 0.1) is 0 Å². The summed E-state index contributed by atoms with van der Waals surface area (Å²) in [7, 11) is 3.73. The fraction of sp³-hybridized carbons (Fsp3) is 0.500. The molecule has 1 aliphatic rings. The van der Waals surface area contributed by atoms with E-state index in [1.807, 2.05) is 12.1 Å². The Hall–Kier alpha value is -1.39. The number of likely N-dealkylation sites (N-methyl/N-ethyl adjacent to an activating group) is 1. The maximum atomic E-state index is 10.8. The van der Waals surface area contributed by atoms with Gasteiger partial charge in [-0.05, 0) is 31.7 Å². The van der Waals surface area contributed by atoms with Crippen molar-refractivity contribution in [3.63, 3.8) is 0 Å². The maximum absolute atomic E-state index is 10.8. The molecule has 0 N–H and O–H groups in total. The van der Waals surface area contributed by atoms with Crippen LogP contribution in [0.3, 0.4) is 0 Å². The Bertz CT molecular complexity index is 414. The van der Waals surface area contributed by atoms with E-state index in [0.29, 0.717) is 11.6 Å². The number of nitrogens with zero attached hydrogens (tertiary/aromatic N) is 1. The van der Waals surface area contributed by atoms with Crippen LogP contribution < -0.4 is 4.74 Å². The quantitative estimate of drug-likeness (QED) is 0.745. The van der Waals surface area contributed by atoms with Crippen molar-refractivity contribution in [1.29, 1.82) is 0 Å². The molecule has 0 aliphatic carbocycles. The SMILES string of the molecule is COc1ccc(C=O)cc1CN(C)C1CCOC1. The summed E-state index contributed by atoms with van der Waals surface area (Å²) in [6.07, 6.45) is 1.92. The number of carbonyl (C=O) groups is 1. The number of carbonyl (C=O) groups excluding carboxylic acids is 1. The Kier molecular flexibility index (Phi) is 4.33. The number of hydrogen-bond donors (Lipinski definition) is 0. The van der Waals surface area contributed by atoms with Gasteiger partial charge in [-0.25, -0.2) is 0 Å². The summed E-state index contributed by atoms with van der Waals surface area (Å²) in [5.41, 5.74) is 1.72. The van der Waals surface area contributed by atoms with E-state index in [0.717, 1.165) is 43.8 Å². The third-order valence-corrected chi connectivity index (χ3v) is 3.39. The second-order valence-corrected chi connectivity index (χ2v) is 4.62. The van der Waals surface area contributed by atoms with Crippen molar-refractivity contribution in [2.24, 2.45) is 0 Å². The molecule has 1 aromatic rings. The van der Waals surface area contributed by atoms with Crippen LogP contribution in [-0.4, -0.2) is 44.6 Å². The summed E-state index contributed by atoms with van der Waals surface area (Å²) in [6, 6.07) is 5.96. The van der Waals surface area contributed by atoms with Crippen molar-refractivity contribution in [3.8, 4) is 5.75 Å². The Morgan fingerprint density at radius 2 is 2.39 bits per heavy atom. The molecular weight excluding hydrogens is 230 g/mol. The number of methoxy groups -OCH3 is 1. The number of aldehydes is 1. The zero-order chi connectivity index (χ0) is 13.0. The first-order chi connectivity index (χ1) is 8.74. The Morgan fingerprint density at radius 3 is 3.00 bits per heavy atom. The first-order valence-corrected chi connectivity index (χ1v) is 6.14. The van der Waals surface area contributed by atoms with Gasteiger partial charge in [0.2, 0.25) is 0 Å². The van der Waals surface area contributed by atoms with E-state index in [9.17, 15) is 4.79 Å². The zero-order valence-electron chi connectivity index (χ0n) is 10.9. The lowest BCUT2D eigenvalue weighted by Gasteiger charge is -2.23. The van der Waals surface area contributed by atoms with E-state index in [2.05, 4.69) is 11.9 Å². The molecule has 1 unspecified atom stereocenters. The highest BCUT2D eigenvalue weighted by molar-refractivity contribution is 5.75. The highest BCUT2D eigenvalue weighted by Crippen LogP contribution is 2.22. The molecule has 0 spiro atoms. The molecule has 0 aromatic heterocycles. The monoisotopic (exact) mass is 249 g/mol. The van der Waals surface area contributed by atoms with Crippen molar-refractivity contribution < 1.29 is 14.3 Å². The first kappa shape index (κ1) is 13.1. The van der Waals surface area contributed by atoms with Gasteiger partial charge >= 0.3 is 0 Å². The van der Waals surface area contributed by atoms with Crippen LogP contribution in [0.4, 0.5) is 0 Å². The van der Waals surface area contributed by atoms with Gasteiger partial charge in [-0.2, -0.15) is 0 Å². The molecule has 1 aromatic carbocycles. The van der Waals surface area contributed by atoms with Crippen LogP contribution >= 0.6 is 0 Å². The second kappa shape index (κ2) is 5.98. The summed E-state index contributed by atoms with van der Waals surface area (Å²) in [5, 5.41) is 0. The van der Waals surface area contributed by atoms with Crippen LogP contribution in [0.2, 0.25) is 0 Å². The van der Waals surface area contributed by atoms with Gasteiger partial charge in [0.25, 0.3) is 0 Å². The van der Waals surface area contributed by atoms with E-state index >= 15 is 0 Å². The Morgan fingerprint density at radius 1 is 1.56 bits per heavy atom. The van der Waals surface area contributed by atoms with Crippen LogP contribution in [0.5, 0.6) is 5.75 Å². The van der Waals surface area contributed by atoms with Gasteiger partial charge in [0.05, 0.1) is 13.7 Å². The van der Waals surface area contributed by atoms with Crippen molar-refractivity contribution in [1.82, 2.24) is 4.90 Å². The molecule has 0 bridgehead atoms. The average Bonchev–Trinajstić information content (AvgIpc) is 2.92. The van der Waals surface area contributed by atoms with Crippen LogP contribution in [0.15, 0.2) is 18.2 Å². The molecule has 1 saturated heterocycles. The number of rotatable bonds is 5. The maximum Gasteiger partial charge on any atom is 0.150 e. The van der Waals surface area contributed by atoms with Gasteiger partial charge in [0, 0.05) is 30.3 Å². The topological polar surface area (TPSA) is 38.8 Å². The predicted octanol–water partition coefficient (Wildman–Crippen LogP) is 1.73. The van der Waals surface area contributed by atoms with Crippen molar-refractivity contribution >= 4 is 6.29 Å². The van der Waals surface area contributed by atoms with Crippen LogP contribution in [0.25, 0.3) is 0 Å². The van der Waals surface area contributed by atoms with Gasteiger partial charge in [-0.3, -0.25) is 9.69 Å². The fourth-order valence-electron chi connectivity index (χ4n) is 2.26. The number of benzene rings is 1. The summed E-state index contributed by atoms with van der Waals surface area (Å²) < 4.78 is 10.7. The van der Waals surface area contributed by atoms with E-state index in [4.69, 9.17) is 9.47 Å². The Labute approximate surface area is 107 Å². The molecule has 0 radical (unpaired) electrons. The molecule has 1 aliphatic heterocycles. The molecule has 2 rings (SSSR count). The van der Waals surface area contributed by atoms with Crippen molar-refractivity contribution in [2.45, 2.75) is 19.0 Å². The molecule has 1 heterocycles. The summed E-state index contributed by atoms with van der Waals surface area (Å²) in [6.45, 7) is 2.38. The van der Waals surface area contributed by atoms with E-state index < -0.39 is 0 Å². The van der Waals surface area contributed by atoms with E-state index in [-0.39, 0.29) is 0 Å². The largest absolute Gasteiger partial charge is 0.496 e. The molecule has 1 fully saturated rings. The molecule has 0 amide bonds. The van der Waals surface area contributed by atoms with Crippen molar-refractivity contribution in [2.75, 3.05) is 27.4 Å². The van der Waals surface area contributed by atoms with E-state index in [1.54, 1.807) is 13.2 Å². The minimum absolute atomic E-state index is 0.453. The lowest BCUT2D eigenvalue weighted by molar-refractivity contribution is 0.112. The first-order valence-electron chi connectivity index (χ1n) is 6.14. The highest BCUT2D eigenvalue weighted by atomic mass is 16.5. The van der Waals surface area contributed by atoms with Crippen LogP contribution in [0.1, 0.15) is 22.3 Å². The molecule has 0 saturated carbocycles. The molecular formula is C14H19NO3. The summed E-state index contributed by atoms with van der Waals surface area (Å²) in [5.74, 6) is 0.825. The normalized spacial score (nSPS) is 19.2. The van der Waals surface area contributed by atoms with Gasteiger partial charge < -0.3 is 9.47 Å². The third-order valence-electron chi connectivity index (χ3n) is 3.39. The summed E-state index contributed by atoms with van der Waals surface area (Å²) >= 11 is 0. The molecule has 98 valence electrons. The Balaban J connectivity index is 2.12. The van der Waals surface area contributed by atoms with Gasteiger partial charge in [0.1, 0.15) is 12.0 Å². The van der Waals surface area contributed by atoms with Gasteiger partial charge in [0.15, 0.2) is 0 Å². The number of hydrogen-bond acceptors (Lipinski definition) is 4. The van der Waals surface area contributed by atoms with Gasteiger partial charge in [-0.15, -0.1) is 0 Å². The zero-order valence-corrected chi connectivity index (χ0v) is 10.9. The fourth-order valence-corrected chi connectivity index (χ4v) is 2.26. The molecule has 18 heavy (non-hydrogen) atoms. The smallest absolute Gasteiger partial charge is 0.150 e. The molecule has 1 atom stereocenters. The predicted molar refractivity (Wildman–Crippen MR) is 69.1 cm³/mol. The highest BCUT2D eigenvalue weighted by Gasteiger charge is 2.21. The minimum atomic E-state index is 0.453. The van der Waals surface area contributed by atoms with Crippen molar-refractivity contribution in [3.05, 3.63) is 29.3 Å². The lowest BCUT2D eigenvalue weighted by atomic mass is 10.1. The average molecular weight is 249 g/mol. The summed E-state index contributed by atoms with van der Waals surface area (Å²) in [4.78, 5) is 13.1. The molecule has 4 nitrogen and oxygen atoms in total. The molecule has 4 heteroatoms. The standard InChI is InChI=1S/C14H19NO3/c1-15(13-5-6-18-10-13)8-12-7-11(9-16)3-4-14(12)17-2/h3-4,7,9,13H,5-6,8,10H2,1-2H3. The van der Waals surface area contributed by atoms with Gasteiger partial charge in [-0.1, -0.05) is 0 Å². The van der Waals surface area contributed by atoms with E-state index in [1.165, 1.54) is 0 Å². The minimum Gasteiger partial charge on any atom is -0.496 e. The lowest BCUT2D eigenvalue weighted by Crippen LogP contribution is -2.31. The second-order valence-electron chi connectivity index (χ2n) is 4.62. The van der Waals surface area contributed by atoms with Crippen LogP contribution in [-0.2, 0) is 11.3 Å². The number of ether oxygens (including phenoxy) is 2.